The molecule has 130 valence electrons. The minimum atomic E-state index is -0.161. The number of esters is 1. The maximum absolute atomic E-state index is 12.9. The van der Waals surface area contributed by atoms with E-state index in [-0.39, 0.29) is 17.8 Å². The van der Waals surface area contributed by atoms with Crippen molar-refractivity contribution in [2.24, 2.45) is 5.92 Å². The van der Waals surface area contributed by atoms with Gasteiger partial charge in [-0.2, -0.15) is 0 Å². The van der Waals surface area contributed by atoms with Crippen molar-refractivity contribution in [1.82, 2.24) is 0 Å². The Balaban J connectivity index is 1.64. The summed E-state index contributed by atoms with van der Waals surface area (Å²) >= 11 is 0. The molecule has 1 aliphatic heterocycles. The molecule has 0 bridgehead atoms. The van der Waals surface area contributed by atoms with Crippen LogP contribution in [0, 0.1) is 5.92 Å². The first kappa shape index (κ1) is 17.2. The second-order valence-corrected chi connectivity index (χ2v) is 7.58. The topological polar surface area (TPSA) is 26.3 Å². The fraction of sp³-hybridized carbons (Fsp3) is 0.571. The van der Waals surface area contributed by atoms with Crippen LogP contribution in [0.15, 0.2) is 42.5 Å². The first-order valence-corrected chi connectivity index (χ1v) is 9.40. The highest BCUT2D eigenvalue weighted by Gasteiger charge is 2.32. The summed E-state index contributed by atoms with van der Waals surface area (Å²) < 4.78 is 6.80. The van der Waals surface area contributed by atoms with Gasteiger partial charge < -0.3 is 9.22 Å². The Kier molecular flexibility index (Phi) is 5.72. The van der Waals surface area contributed by atoms with Gasteiger partial charge in [-0.05, 0) is 30.7 Å². The van der Waals surface area contributed by atoms with Gasteiger partial charge in [-0.3, -0.25) is 4.79 Å². The van der Waals surface area contributed by atoms with Crippen molar-refractivity contribution in [2.75, 3.05) is 33.3 Å². The average molecular weight is 328 g/mol. The summed E-state index contributed by atoms with van der Waals surface area (Å²) in [6.45, 7) is 3.90. The highest BCUT2D eigenvalue weighted by Crippen LogP contribution is 2.33. The monoisotopic (exact) mass is 328 g/mol. The summed E-state index contributed by atoms with van der Waals surface area (Å²) in [6, 6.07) is 10.1. The Bertz CT molecular complexity index is 560. The van der Waals surface area contributed by atoms with Gasteiger partial charge in [0.15, 0.2) is 0 Å². The van der Waals surface area contributed by atoms with E-state index in [4.69, 9.17) is 4.74 Å². The van der Waals surface area contributed by atoms with Crippen LogP contribution in [0.1, 0.15) is 43.6 Å². The van der Waals surface area contributed by atoms with Crippen molar-refractivity contribution < 1.29 is 14.0 Å². The lowest BCUT2D eigenvalue weighted by atomic mass is 9.80. The summed E-state index contributed by atoms with van der Waals surface area (Å²) in [6.07, 6.45) is 10.4. The minimum Gasteiger partial charge on any atom is -0.459 e. The zero-order chi connectivity index (χ0) is 16.8. The van der Waals surface area contributed by atoms with Gasteiger partial charge in [0.1, 0.15) is 13.2 Å². The van der Waals surface area contributed by atoms with Crippen molar-refractivity contribution in [1.29, 1.82) is 0 Å². The highest BCUT2D eigenvalue weighted by molar-refractivity contribution is 5.79. The Morgan fingerprint density at radius 2 is 1.96 bits per heavy atom. The SMILES string of the molecule is C[N+]1(CCOC(=O)[C@@H](c2ccccc2)[C@H]2C=CCCC2)CCCC1. The fourth-order valence-corrected chi connectivity index (χ4v) is 4.11. The van der Waals surface area contributed by atoms with Crippen molar-refractivity contribution in [2.45, 2.75) is 38.0 Å². The number of carbonyl (C=O) groups excluding carboxylic acids is 1. The van der Waals surface area contributed by atoms with Crippen LogP contribution in [0.4, 0.5) is 0 Å². The molecule has 1 fully saturated rings. The van der Waals surface area contributed by atoms with Gasteiger partial charge in [0.2, 0.25) is 0 Å². The number of hydrogen-bond donors (Lipinski definition) is 0. The van der Waals surface area contributed by atoms with Crippen molar-refractivity contribution >= 4 is 5.97 Å². The summed E-state index contributed by atoms with van der Waals surface area (Å²) in [5.74, 6) is 0.0559. The van der Waals surface area contributed by atoms with E-state index < -0.39 is 0 Å². The van der Waals surface area contributed by atoms with Gasteiger partial charge in [0, 0.05) is 12.8 Å². The quantitative estimate of drug-likeness (QED) is 0.449. The van der Waals surface area contributed by atoms with E-state index in [0.717, 1.165) is 35.9 Å². The molecule has 24 heavy (non-hydrogen) atoms. The van der Waals surface area contributed by atoms with Gasteiger partial charge in [-0.1, -0.05) is 42.5 Å². The predicted molar refractivity (Wildman–Crippen MR) is 96.6 cm³/mol. The van der Waals surface area contributed by atoms with E-state index in [1.807, 2.05) is 18.2 Å². The molecule has 0 radical (unpaired) electrons. The number of hydrogen-bond acceptors (Lipinski definition) is 2. The van der Waals surface area contributed by atoms with Crippen LogP contribution in [-0.2, 0) is 9.53 Å². The standard InChI is InChI=1S/C21H30NO2/c1-22(14-8-9-15-22)16-17-24-21(23)20(18-10-4-2-5-11-18)19-12-6-3-7-13-19/h2,4-6,10-12,19-20H,3,7-9,13-17H2,1H3/q+1/t19-,20-/m0/s1. The maximum Gasteiger partial charge on any atom is 0.314 e. The minimum absolute atomic E-state index is 0.0523. The molecule has 0 amide bonds. The molecule has 1 saturated heterocycles. The third kappa shape index (κ3) is 4.27. The third-order valence-electron chi connectivity index (χ3n) is 5.65. The van der Waals surface area contributed by atoms with Gasteiger partial charge in [0.05, 0.1) is 26.1 Å². The number of ether oxygens (including phenoxy) is 1. The van der Waals surface area contributed by atoms with Crippen molar-refractivity contribution in [3.63, 3.8) is 0 Å². The van der Waals surface area contributed by atoms with Crippen LogP contribution >= 0.6 is 0 Å². The first-order valence-electron chi connectivity index (χ1n) is 9.40. The molecule has 1 aromatic carbocycles. The molecule has 0 saturated carbocycles. The third-order valence-corrected chi connectivity index (χ3v) is 5.65. The van der Waals surface area contributed by atoms with Crippen LogP contribution in [0.2, 0.25) is 0 Å². The van der Waals surface area contributed by atoms with E-state index in [0.29, 0.717) is 6.61 Å². The lowest BCUT2D eigenvalue weighted by molar-refractivity contribution is -0.897. The molecular weight excluding hydrogens is 298 g/mol. The van der Waals surface area contributed by atoms with Gasteiger partial charge in [-0.25, -0.2) is 0 Å². The number of likely N-dealkylation sites (N-methyl/N-ethyl adjacent to an activating group) is 1. The molecule has 1 aromatic rings. The Labute approximate surface area is 145 Å². The van der Waals surface area contributed by atoms with Crippen LogP contribution in [0.3, 0.4) is 0 Å². The second-order valence-electron chi connectivity index (χ2n) is 7.58. The number of quaternary nitrogens is 1. The van der Waals surface area contributed by atoms with Crippen LogP contribution in [-0.4, -0.2) is 43.7 Å². The molecule has 0 N–H and O–H groups in total. The van der Waals surface area contributed by atoms with Crippen molar-refractivity contribution in [3.05, 3.63) is 48.0 Å². The highest BCUT2D eigenvalue weighted by atomic mass is 16.5. The summed E-state index contributed by atoms with van der Waals surface area (Å²) in [7, 11) is 2.28. The Morgan fingerprint density at radius 1 is 1.21 bits per heavy atom. The number of carbonyl (C=O) groups is 1. The lowest BCUT2D eigenvalue weighted by Crippen LogP contribution is -2.43. The molecular formula is C21H30NO2+. The zero-order valence-electron chi connectivity index (χ0n) is 14.8. The number of likely N-dealkylation sites (tertiary alicyclic amines) is 1. The molecule has 3 nitrogen and oxygen atoms in total. The number of benzene rings is 1. The number of allylic oxidation sites excluding steroid dienone is 2. The molecule has 0 spiro atoms. The Hall–Kier alpha value is -1.61. The smallest absolute Gasteiger partial charge is 0.314 e. The molecule has 2 atom stereocenters. The molecule has 1 aliphatic carbocycles. The molecule has 3 heteroatoms. The maximum atomic E-state index is 12.9. The molecule has 0 unspecified atom stereocenters. The van der Waals surface area contributed by atoms with Gasteiger partial charge in [-0.15, -0.1) is 0 Å². The van der Waals surface area contributed by atoms with Crippen molar-refractivity contribution in [3.8, 4) is 0 Å². The van der Waals surface area contributed by atoms with E-state index in [1.165, 1.54) is 25.9 Å². The number of rotatable bonds is 6. The summed E-state index contributed by atoms with van der Waals surface area (Å²) in [4.78, 5) is 12.9. The number of nitrogens with zero attached hydrogens (tertiary/aromatic N) is 1. The average Bonchev–Trinajstić information content (AvgIpc) is 3.04. The largest absolute Gasteiger partial charge is 0.459 e. The lowest BCUT2D eigenvalue weighted by Gasteiger charge is -2.30. The van der Waals surface area contributed by atoms with Gasteiger partial charge >= 0.3 is 5.97 Å². The zero-order valence-corrected chi connectivity index (χ0v) is 14.8. The Morgan fingerprint density at radius 3 is 2.62 bits per heavy atom. The van der Waals surface area contributed by atoms with E-state index in [9.17, 15) is 4.79 Å². The van der Waals surface area contributed by atoms with Crippen LogP contribution < -0.4 is 0 Å². The van der Waals surface area contributed by atoms with E-state index in [1.54, 1.807) is 0 Å². The predicted octanol–water partition coefficient (Wildman–Crippen LogP) is 3.91. The van der Waals surface area contributed by atoms with Gasteiger partial charge in [0.25, 0.3) is 0 Å². The fourth-order valence-electron chi connectivity index (χ4n) is 4.11. The summed E-state index contributed by atoms with van der Waals surface area (Å²) in [5.41, 5.74) is 1.08. The summed E-state index contributed by atoms with van der Waals surface area (Å²) in [5, 5.41) is 0. The second kappa shape index (κ2) is 7.98. The molecule has 3 rings (SSSR count). The molecule has 0 aromatic heterocycles. The van der Waals surface area contributed by atoms with Crippen LogP contribution in [0.25, 0.3) is 0 Å². The molecule has 1 heterocycles. The first-order chi connectivity index (χ1) is 11.7. The molecule has 2 aliphatic rings. The van der Waals surface area contributed by atoms with E-state index in [2.05, 4.69) is 31.3 Å². The van der Waals surface area contributed by atoms with E-state index >= 15 is 0 Å². The van der Waals surface area contributed by atoms with Crippen LogP contribution in [0.5, 0.6) is 0 Å². The normalized spacial score (nSPS) is 23.8.